The third kappa shape index (κ3) is 2.99. The van der Waals surface area contributed by atoms with Gasteiger partial charge in [0.25, 0.3) is 0 Å². The van der Waals surface area contributed by atoms with Crippen LogP contribution in [0.1, 0.15) is 6.42 Å². The summed E-state index contributed by atoms with van der Waals surface area (Å²) in [5, 5.41) is 6.25. The molecule has 0 radical (unpaired) electrons. The van der Waals surface area contributed by atoms with E-state index in [1.807, 2.05) is 34.9 Å². The van der Waals surface area contributed by atoms with E-state index in [1.165, 1.54) is 6.07 Å². The average molecular weight is 358 g/mol. The smallest absolute Gasteiger partial charge is 0.229 e. The van der Waals surface area contributed by atoms with Crippen LogP contribution >= 0.6 is 0 Å². The van der Waals surface area contributed by atoms with Gasteiger partial charge in [0, 0.05) is 12.1 Å². The number of benzene rings is 2. The number of rotatable bonds is 5. The molecule has 0 unspecified atom stereocenters. The minimum absolute atomic E-state index is 0.347. The second-order valence-corrected chi connectivity index (χ2v) is 6.17. The van der Waals surface area contributed by atoms with E-state index in [9.17, 15) is 4.39 Å². The van der Waals surface area contributed by atoms with E-state index < -0.39 is 0 Å². The quantitative estimate of drug-likeness (QED) is 0.553. The molecule has 5 rings (SSSR count). The van der Waals surface area contributed by atoms with Gasteiger partial charge in [0.05, 0.1) is 17.6 Å². The molecule has 2 N–H and O–H groups in total. The lowest BCUT2D eigenvalue weighted by Crippen LogP contribution is -2.04. The predicted octanol–water partition coefficient (Wildman–Crippen LogP) is 4.40. The third-order valence-electron chi connectivity index (χ3n) is 4.22. The first-order chi connectivity index (χ1) is 13.3. The minimum Gasteiger partial charge on any atom is -0.328 e. The van der Waals surface area contributed by atoms with Gasteiger partial charge < -0.3 is 10.6 Å². The van der Waals surface area contributed by atoms with Crippen LogP contribution in [0.5, 0.6) is 0 Å². The summed E-state index contributed by atoms with van der Waals surface area (Å²) in [7, 11) is 0. The fraction of sp³-hybridized carbons (Fsp3) is 0.0500. The van der Waals surface area contributed by atoms with E-state index in [1.54, 1.807) is 24.4 Å². The summed E-state index contributed by atoms with van der Waals surface area (Å²) in [6, 6.07) is 16.2. The molecule has 2 aromatic carbocycles. The molecule has 0 bridgehead atoms. The van der Waals surface area contributed by atoms with E-state index >= 15 is 0 Å². The molecule has 7 heteroatoms. The number of hydrogen-bond donors (Lipinski definition) is 2. The van der Waals surface area contributed by atoms with Crippen LogP contribution in [0.25, 0.3) is 16.9 Å². The van der Waals surface area contributed by atoms with Gasteiger partial charge in [0.2, 0.25) is 11.9 Å². The van der Waals surface area contributed by atoms with Crippen molar-refractivity contribution >= 4 is 28.7 Å². The van der Waals surface area contributed by atoms with E-state index in [4.69, 9.17) is 0 Å². The number of imidazole rings is 1. The maximum absolute atomic E-state index is 14.1. The highest BCUT2D eigenvalue weighted by Gasteiger charge is 2.17. The minimum atomic E-state index is -0.349. The van der Waals surface area contributed by atoms with Crippen molar-refractivity contribution in [3.8, 4) is 5.69 Å². The number of allylic oxidation sites excluding steroid dienone is 2. The molecule has 1 aliphatic rings. The van der Waals surface area contributed by atoms with Crippen molar-refractivity contribution in [3.63, 3.8) is 0 Å². The first kappa shape index (κ1) is 15.5. The zero-order valence-corrected chi connectivity index (χ0v) is 14.2. The van der Waals surface area contributed by atoms with Gasteiger partial charge in [-0.2, -0.15) is 4.98 Å². The number of para-hydroxylation sites is 2. The summed E-state index contributed by atoms with van der Waals surface area (Å²) < 4.78 is 16.0. The van der Waals surface area contributed by atoms with Gasteiger partial charge in [0.15, 0.2) is 5.65 Å². The standard InChI is InChI=1S/C20H15FN6/c21-15-8-4-5-9-16(15)24-20-25-17-12-22-19(23-13-10-11-13)26-18(17)27(20)14-6-2-1-3-7-14/h1-10,12H,11H2,(H,24,25)(H,22,23,26). The van der Waals surface area contributed by atoms with Gasteiger partial charge in [0.1, 0.15) is 11.3 Å². The number of halogens is 1. The molecule has 0 amide bonds. The molecule has 0 saturated carbocycles. The normalized spacial score (nSPS) is 12.7. The van der Waals surface area contributed by atoms with E-state index in [0.717, 1.165) is 17.8 Å². The van der Waals surface area contributed by atoms with E-state index in [0.29, 0.717) is 28.7 Å². The second kappa shape index (κ2) is 6.21. The van der Waals surface area contributed by atoms with E-state index in [2.05, 4.69) is 31.7 Å². The average Bonchev–Trinajstić information content (AvgIpc) is 3.43. The molecule has 0 spiro atoms. The van der Waals surface area contributed by atoms with E-state index in [-0.39, 0.29) is 5.82 Å². The van der Waals surface area contributed by atoms with Crippen LogP contribution in [0.2, 0.25) is 0 Å². The fourth-order valence-corrected chi connectivity index (χ4v) is 2.82. The Labute approximate surface area is 154 Å². The van der Waals surface area contributed by atoms with Crippen LogP contribution in [-0.4, -0.2) is 19.5 Å². The zero-order chi connectivity index (χ0) is 18.2. The lowest BCUT2D eigenvalue weighted by Gasteiger charge is -2.11. The molecule has 0 saturated heterocycles. The lowest BCUT2D eigenvalue weighted by atomic mass is 10.3. The van der Waals surface area contributed by atoms with Crippen LogP contribution in [-0.2, 0) is 0 Å². The highest BCUT2D eigenvalue weighted by Crippen LogP contribution is 2.28. The summed E-state index contributed by atoms with van der Waals surface area (Å²) >= 11 is 0. The Hall–Kier alpha value is -3.74. The van der Waals surface area contributed by atoms with Crippen molar-refractivity contribution in [2.24, 2.45) is 0 Å². The molecule has 4 aromatic rings. The second-order valence-electron chi connectivity index (χ2n) is 6.17. The highest BCUT2D eigenvalue weighted by molar-refractivity contribution is 5.79. The topological polar surface area (TPSA) is 67.7 Å². The third-order valence-corrected chi connectivity index (χ3v) is 4.22. The first-order valence-electron chi connectivity index (χ1n) is 8.56. The molecule has 0 aliphatic heterocycles. The molecule has 2 heterocycles. The summed E-state index contributed by atoms with van der Waals surface area (Å²) in [6.07, 6.45) is 4.66. The SMILES string of the molecule is Fc1ccccc1Nc1nc2cnc(NC3=CC3)nc2n1-c1ccccc1. The lowest BCUT2D eigenvalue weighted by molar-refractivity contribution is 0.631. The van der Waals surface area contributed by atoms with Crippen molar-refractivity contribution in [1.82, 2.24) is 19.5 Å². The van der Waals surface area contributed by atoms with Gasteiger partial charge in [-0.3, -0.25) is 4.57 Å². The Kier molecular flexibility index (Phi) is 3.57. The molecule has 132 valence electrons. The van der Waals surface area contributed by atoms with Gasteiger partial charge in [-0.1, -0.05) is 36.4 Å². The Morgan fingerprint density at radius 3 is 2.48 bits per heavy atom. The fourth-order valence-electron chi connectivity index (χ4n) is 2.82. The molecule has 27 heavy (non-hydrogen) atoms. The van der Waals surface area contributed by atoms with Crippen LogP contribution in [0.3, 0.4) is 0 Å². The van der Waals surface area contributed by atoms with Crippen molar-refractivity contribution < 1.29 is 4.39 Å². The summed E-state index contributed by atoms with van der Waals surface area (Å²) in [5.41, 5.74) is 3.57. The number of fused-ring (bicyclic) bond motifs is 1. The number of nitrogens with one attached hydrogen (secondary N) is 2. The molecule has 0 fully saturated rings. The Morgan fingerprint density at radius 1 is 0.926 bits per heavy atom. The van der Waals surface area contributed by atoms with Gasteiger partial charge in [-0.05, 0) is 24.3 Å². The predicted molar refractivity (Wildman–Crippen MR) is 103 cm³/mol. The van der Waals surface area contributed by atoms with Crippen molar-refractivity contribution in [2.75, 3.05) is 10.6 Å². The monoisotopic (exact) mass is 358 g/mol. The molecular weight excluding hydrogens is 343 g/mol. The number of nitrogens with zero attached hydrogens (tertiary/aromatic N) is 4. The molecular formula is C20H15FN6. The Bertz CT molecular complexity index is 1170. The highest BCUT2D eigenvalue weighted by atomic mass is 19.1. The molecule has 0 atom stereocenters. The van der Waals surface area contributed by atoms with Crippen LogP contribution in [0.4, 0.5) is 22.0 Å². The molecule has 6 nitrogen and oxygen atoms in total. The maximum Gasteiger partial charge on any atom is 0.229 e. The maximum atomic E-state index is 14.1. The van der Waals surface area contributed by atoms with Gasteiger partial charge >= 0.3 is 0 Å². The number of hydrogen-bond acceptors (Lipinski definition) is 5. The van der Waals surface area contributed by atoms with Crippen LogP contribution in [0.15, 0.2) is 72.6 Å². The summed E-state index contributed by atoms with van der Waals surface area (Å²) in [5.74, 6) is 0.637. The largest absolute Gasteiger partial charge is 0.328 e. The summed E-state index contributed by atoms with van der Waals surface area (Å²) in [6.45, 7) is 0. The van der Waals surface area contributed by atoms with Crippen molar-refractivity contribution in [2.45, 2.75) is 6.42 Å². The number of anilines is 3. The summed E-state index contributed by atoms with van der Waals surface area (Å²) in [4.78, 5) is 13.5. The van der Waals surface area contributed by atoms with Gasteiger partial charge in [-0.25, -0.2) is 14.4 Å². The molecule has 2 aromatic heterocycles. The first-order valence-corrected chi connectivity index (χ1v) is 8.56. The Balaban J connectivity index is 1.67. The van der Waals surface area contributed by atoms with Gasteiger partial charge in [-0.15, -0.1) is 0 Å². The number of aromatic nitrogens is 4. The van der Waals surface area contributed by atoms with Crippen LogP contribution < -0.4 is 10.6 Å². The Morgan fingerprint density at radius 2 is 1.70 bits per heavy atom. The zero-order valence-electron chi connectivity index (χ0n) is 14.2. The van der Waals surface area contributed by atoms with Crippen molar-refractivity contribution in [3.05, 3.63) is 78.4 Å². The van der Waals surface area contributed by atoms with Crippen molar-refractivity contribution in [1.29, 1.82) is 0 Å². The van der Waals surface area contributed by atoms with Crippen LogP contribution in [0, 0.1) is 5.82 Å². The molecule has 1 aliphatic carbocycles.